The summed E-state index contributed by atoms with van der Waals surface area (Å²) in [5.74, 6) is -0.711. The van der Waals surface area contributed by atoms with Crippen molar-refractivity contribution in [2.75, 3.05) is 0 Å². The molecule has 5 nitrogen and oxygen atoms in total. The van der Waals surface area contributed by atoms with E-state index in [1.165, 1.54) is 0 Å². The van der Waals surface area contributed by atoms with Crippen LogP contribution in [0.5, 0.6) is 0 Å². The van der Waals surface area contributed by atoms with Crippen LogP contribution in [-0.2, 0) is 22.6 Å². The van der Waals surface area contributed by atoms with Gasteiger partial charge < -0.3 is 4.90 Å². The molecule has 1 aromatic carbocycles. The molecule has 1 aromatic rings. The number of rotatable bonds is 2. The minimum atomic E-state index is -0.530. The van der Waals surface area contributed by atoms with Crippen LogP contribution in [0.4, 0.5) is 0 Å². The number of amides is 3. The van der Waals surface area contributed by atoms with E-state index >= 15 is 0 Å². The molecule has 1 N–H and O–H groups in total. The van der Waals surface area contributed by atoms with Gasteiger partial charge in [-0.15, -0.1) is 0 Å². The third kappa shape index (κ3) is 1.90. The zero-order valence-electron chi connectivity index (χ0n) is 11.3. The van der Waals surface area contributed by atoms with Gasteiger partial charge in [-0.3, -0.25) is 19.7 Å². The van der Waals surface area contributed by atoms with Gasteiger partial charge >= 0.3 is 0 Å². The molecule has 104 valence electrons. The van der Waals surface area contributed by atoms with Crippen LogP contribution < -0.4 is 5.32 Å². The lowest BCUT2D eigenvalue weighted by Crippen LogP contribution is -2.52. The lowest BCUT2D eigenvalue weighted by molar-refractivity contribution is -0.136. The molecule has 0 aromatic heterocycles. The Balaban J connectivity index is 1.90. The maximum absolute atomic E-state index is 12.6. The Morgan fingerprint density at radius 2 is 2.10 bits per heavy atom. The van der Waals surface area contributed by atoms with E-state index in [0.29, 0.717) is 13.0 Å². The molecule has 1 fully saturated rings. The predicted octanol–water partition coefficient (Wildman–Crippen LogP) is 1.01. The molecule has 5 heteroatoms. The minimum absolute atomic E-state index is 0.0908. The van der Waals surface area contributed by atoms with Crippen molar-refractivity contribution >= 4 is 17.7 Å². The van der Waals surface area contributed by atoms with E-state index in [4.69, 9.17) is 0 Å². The van der Waals surface area contributed by atoms with E-state index in [1.807, 2.05) is 25.1 Å². The Labute approximate surface area is 116 Å². The van der Waals surface area contributed by atoms with Crippen LogP contribution in [0.2, 0.25) is 0 Å². The molecule has 2 aliphatic heterocycles. The van der Waals surface area contributed by atoms with Crippen molar-refractivity contribution in [3.8, 4) is 0 Å². The molecule has 20 heavy (non-hydrogen) atoms. The number of nitrogens with one attached hydrogen (secondary N) is 1. The zero-order chi connectivity index (χ0) is 14.3. The second-order valence-corrected chi connectivity index (χ2v) is 5.20. The molecule has 0 aliphatic carbocycles. The van der Waals surface area contributed by atoms with Gasteiger partial charge in [-0.1, -0.05) is 25.1 Å². The molecule has 0 unspecified atom stereocenters. The summed E-state index contributed by atoms with van der Waals surface area (Å²) >= 11 is 0. The van der Waals surface area contributed by atoms with Gasteiger partial charge in [-0.2, -0.15) is 0 Å². The summed E-state index contributed by atoms with van der Waals surface area (Å²) in [6, 6.07) is 5.29. The van der Waals surface area contributed by atoms with Crippen LogP contribution in [0.15, 0.2) is 18.2 Å². The highest BCUT2D eigenvalue weighted by Crippen LogP contribution is 2.29. The van der Waals surface area contributed by atoms with Crippen LogP contribution in [0.3, 0.4) is 0 Å². The summed E-state index contributed by atoms with van der Waals surface area (Å²) in [4.78, 5) is 37.3. The van der Waals surface area contributed by atoms with Crippen molar-refractivity contribution < 1.29 is 14.4 Å². The molecule has 2 aliphatic rings. The maximum atomic E-state index is 12.6. The molecular formula is C15H16N2O3. The number of imide groups is 1. The van der Waals surface area contributed by atoms with E-state index in [-0.39, 0.29) is 24.1 Å². The maximum Gasteiger partial charge on any atom is 0.255 e. The van der Waals surface area contributed by atoms with Gasteiger partial charge in [0.15, 0.2) is 0 Å². The monoisotopic (exact) mass is 272 g/mol. The van der Waals surface area contributed by atoms with Crippen LogP contribution in [0.1, 0.15) is 41.3 Å². The highest BCUT2D eigenvalue weighted by Gasteiger charge is 2.39. The number of benzene rings is 1. The molecule has 1 atom stereocenters. The number of carbonyl (C=O) groups is 3. The first-order valence-corrected chi connectivity index (χ1v) is 6.87. The first-order chi connectivity index (χ1) is 9.61. The van der Waals surface area contributed by atoms with Gasteiger partial charge in [0.25, 0.3) is 5.91 Å². The number of fused-ring (bicyclic) bond motifs is 1. The smallest absolute Gasteiger partial charge is 0.255 e. The van der Waals surface area contributed by atoms with E-state index in [2.05, 4.69) is 5.32 Å². The predicted molar refractivity (Wildman–Crippen MR) is 71.9 cm³/mol. The number of carbonyl (C=O) groups excluding carboxylic acids is 3. The molecular weight excluding hydrogens is 256 g/mol. The van der Waals surface area contributed by atoms with Gasteiger partial charge in [0, 0.05) is 18.5 Å². The van der Waals surface area contributed by atoms with Crippen molar-refractivity contribution in [3.63, 3.8) is 0 Å². The average Bonchev–Trinajstić information content (AvgIpc) is 2.76. The fourth-order valence-corrected chi connectivity index (χ4v) is 2.98. The van der Waals surface area contributed by atoms with Gasteiger partial charge in [-0.05, 0) is 24.0 Å². The normalized spacial score (nSPS) is 21.9. The molecule has 0 radical (unpaired) electrons. The Morgan fingerprint density at radius 3 is 2.80 bits per heavy atom. The van der Waals surface area contributed by atoms with Gasteiger partial charge in [0.05, 0.1) is 0 Å². The first-order valence-electron chi connectivity index (χ1n) is 6.87. The number of hydrogen-bond acceptors (Lipinski definition) is 3. The third-order valence-electron chi connectivity index (χ3n) is 4.02. The van der Waals surface area contributed by atoms with E-state index in [1.54, 1.807) is 4.90 Å². The molecule has 2 heterocycles. The summed E-state index contributed by atoms with van der Waals surface area (Å²) in [6.45, 7) is 2.46. The second-order valence-electron chi connectivity index (χ2n) is 5.20. The van der Waals surface area contributed by atoms with Gasteiger partial charge in [0.2, 0.25) is 11.8 Å². The third-order valence-corrected chi connectivity index (χ3v) is 4.02. The van der Waals surface area contributed by atoms with Crippen molar-refractivity contribution in [3.05, 3.63) is 34.9 Å². The average molecular weight is 272 g/mol. The highest BCUT2D eigenvalue weighted by atomic mass is 16.2. The van der Waals surface area contributed by atoms with E-state index in [9.17, 15) is 14.4 Å². The lowest BCUT2D eigenvalue weighted by Gasteiger charge is -2.29. The second kappa shape index (κ2) is 4.74. The molecule has 0 bridgehead atoms. The van der Waals surface area contributed by atoms with Crippen LogP contribution in [0, 0.1) is 0 Å². The Bertz CT molecular complexity index is 609. The Hall–Kier alpha value is -2.17. The van der Waals surface area contributed by atoms with Crippen molar-refractivity contribution in [1.29, 1.82) is 0 Å². The fraction of sp³-hybridized carbons (Fsp3) is 0.400. The van der Waals surface area contributed by atoms with Crippen molar-refractivity contribution in [2.24, 2.45) is 0 Å². The summed E-state index contributed by atoms with van der Waals surface area (Å²) in [5, 5.41) is 2.31. The quantitative estimate of drug-likeness (QED) is 0.817. The number of aryl methyl sites for hydroxylation is 1. The first kappa shape index (κ1) is 12.8. The van der Waals surface area contributed by atoms with E-state index < -0.39 is 6.04 Å². The largest absolute Gasteiger partial charge is 0.322 e. The number of hydrogen-bond donors (Lipinski definition) is 1. The fourth-order valence-electron chi connectivity index (χ4n) is 2.98. The minimum Gasteiger partial charge on any atom is -0.322 e. The molecule has 1 saturated heterocycles. The Morgan fingerprint density at radius 1 is 1.30 bits per heavy atom. The number of piperidine rings is 1. The SMILES string of the molecule is CCc1cccc2c1C(=O)N([C@@H]1CCC(=O)NC1=O)C2. The Kier molecular flexibility index (Phi) is 3.04. The summed E-state index contributed by atoms with van der Waals surface area (Å²) in [7, 11) is 0. The standard InChI is InChI=1S/C15H16N2O3/c1-2-9-4-3-5-10-8-17(15(20)13(9)10)11-6-7-12(18)16-14(11)19/h3-5,11H,2,6-8H2,1H3,(H,16,18,19)/t11-/m1/s1. The van der Waals surface area contributed by atoms with Crippen molar-refractivity contribution in [1.82, 2.24) is 10.2 Å². The summed E-state index contributed by atoms with van der Waals surface area (Å²) < 4.78 is 0. The summed E-state index contributed by atoms with van der Waals surface area (Å²) in [6.07, 6.45) is 1.49. The van der Waals surface area contributed by atoms with Crippen molar-refractivity contribution in [2.45, 2.75) is 38.8 Å². The van der Waals surface area contributed by atoms with Crippen LogP contribution in [0.25, 0.3) is 0 Å². The van der Waals surface area contributed by atoms with E-state index in [0.717, 1.165) is 23.1 Å². The molecule has 0 spiro atoms. The summed E-state index contributed by atoms with van der Waals surface area (Å²) in [5.41, 5.74) is 2.72. The number of nitrogens with zero attached hydrogens (tertiary/aromatic N) is 1. The van der Waals surface area contributed by atoms with Crippen LogP contribution in [-0.4, -0.2) is 28.7 Å². The molecule has 0 saturated carbocycles. The van der Waals surface area contributed by atoms with Gasteiger partial charge in [0.1, 0.15) is 6.04 Å². The highest BCUT2D eigenvalue weighted by molar-refractivity contribution is 6.05. The van der Waals surface area contributed by atoms with Crippen LogP contribution >= 0.6 is 0 Å². The topological polar surface area (TPSA) is 66.5 Å². The van der Waals surface area contributed by atoms with Gasteiger partial charge in [-0.25, -0.2) is 0 Å². The zero-order valence-corrected chi connectivity index (χ0v) is 11.3. The molecule has 3 rings (SSSR count). The molecule has 3 amide bonds. The lowest BCUT2D eigenvalue weighted by atomic mass is 10.0.